The molecule has 0 aliphatic heterocycles. The van der Waals surface area contributed by atoms with Crippen molar-refractivity contribution in [1.29, 1.82) is 0 Å². The van der Waals surface area contributed by atoms with E-state index in [4.69, 9.17) is 51.1 Å². The van der Waals surface area contributed by atoms with Crippen LogP contribution in [0.1, 0.15) is 0 Å². The molecule has 8 atom stereocenters. The molecular formula is C12H24O12. The molecule has 0 saturated carbocycles. The van der Waals surface area contributed by atoms with Gasteiger partial charge in [0.1, 0.15) is 48.8 Å². The van der Waals surface area contributed by atoms with Crippen LogP contribution < -0.4 is 0 Å². The van der Waals surface area contributed by atoms with E-state index in [0.717, 1.165) is 0 Å². The van der Waals surface area contributed by atoms with Crippen LogP contribution in [-0.2, 0) is 9.59 Å². The number of carbonyl (C=O) groups excluding carboxylic acids is 2. The lowest BCUT2D eigenvalue weighted by Gasteiger charge is -2.22. The van der Waals surface area contributed by atoms with Crippen LogP contribution in [0.3, 0.4) is 0 Å². The van der Waals surface area contributed by atoms with Crippen LogP contribution >= 0.6 is 0 Å². The van der Waals surface area contributed by atoms with E-state index in [2.05, 4.69) is 0 Å². The van der Waals surface area contributed by atoms with E-state index in [0.29, 0.717) is 0 Å². The lowest BCUT2D eigenvalue weighted by molar-refractivity contribution is -0.136. The molecule has 24 heavy (non-hydrogen) atoms. The molecule has 0 aliphatic rings. The Kier molecular flexibility index (Phi) is 13.9. The van der Waals surface area contributed by atoms with Gasteiger partial charge in [0.2, 0.25) is 0 Å². The van der Waals surface area contributed by atoms with Crippen molar-refractivity contribution in [2.45, 2.75) is 48.8 Å². The van der Waals surface area contributed by atoms with Crippen molar-refractivity contribution in [3.05, 3.63) is 0 Å². The van der Waals surface area contributed by atoms with Crippen molar-refractivity contribution >= 4 is 12.6 Å². The second kappa shape index (κ2) is 13.3. The summed E-state index contributed by atoms with van der Waals surface area (Å²) in [6.45, 7) is -1.52. The van der Waals surface area contributed by atoms with Gasteiger partial charge >= 0.3 is 0 Å². The first-order valence-corrected chi connectivity index (χ1v) is 6.65. The standard InChI is InChI=1S/2C6H12O6/c2*7-1-3(9)5(11)6(12)4(10)2-8/h2*1,3-6,8-12H,2H2/t2*3-,4-,5-,6-/m11/s1. The third-order valence-corrected chi connectivity index (χ3v) is 2.84. The molecule has 0 heterocycles. The van der Waals surface area contributed by atoms with Gasteiger partial charge in [0.15, 0.2) is 12.6 Å². The fourth-order valence-corrected chi connectivity index (χ4v) is 1.24. The second-order valence-electron chi connectivity index (χ2n) is 4.72. The number of rotatable bonds is 10. The van der Waals surface area contributed by atoms with Gasteiger partial charge in [0.25, 0.3) is 0 Å². The lowest BCUT2D eigenvalue weighted by Crippen LogP contribution is -2.46. The molecule has 0 unspecified atom stereocenters. The molecule has 0 fully saturated rings. The maximum atomic E-state index is 9.90. The summed E-state index contributed by atoms with van der Waals surface area (Å²) in [6, 6.07) is 0. The molecule has 0 spiro atoms. The Balaban J connectivity index is 0. The van der Waals surface area contributed by atoms with Crippen LogP contribution in [0, 0.1) is 0 Å². The van der Waals surface area contributed by atoms with Gasteiger partial charge in [-0.1, -0.05) is 0 Å². The van der Waals surface area contributed by atoms with Crippen LogP contribution in [0.25, 0.3) is 0 Å². The molecule has 0 aromatic carbocycles. The van der Waals surface area contributed by atoms with Gasteiger partial charge in [-0.2, -0.15) is 0 Å². The van der Waals surface area contributed by atoms with Gasteiger partial charge < -0.3 is 60.7 Å². The maximum absolute atomic E-state index is 9.90. The van der Waals surface area contributed by atoms with Gasteiger partial charge in [0.05, 0.1) is 13.2 Å². The predicted octanol–water partition coefficient (Wildman–Crippen LogP) is -6.76. The number of aldehydes is 2. The van der Waals surface area contributed by atoms with Crippen molar-refractivity contribution in [2.24, 2.45) is 0 Å². The normalized spacial score (nSPS) is 21.1. The highest BCUT2D eigenvalue weighted by Crippen LogP contribution is 2.03. The van der Waals surface area contributed by atoms with Crippen molar-refractivity contribution in [3.8, 4) is 0 Å². The maximum Gasteiger partial charge on any atom is 0.151 e. The molecule has 0 aliphatic carbocycles. The number of hydrogen-bond donors (Lipinski definition) is 10. The predicted molar refractivity (Wildman–Crippen MR) is 74.4 cm³/mol. The van der Waals surface area contributed by atoms with Crippen molar-refractivity contribution < 1.29 is 60.7 Å². The van der Waals surface area contributed by atoms with Gasteiger partial charge in [-0.25, -0.2) is 0 Å². The molecule has 12 heteroatoms. The van der Waals surface area contributed by atoms with Gasteiger partial charge in [-0.3, -0.25) is 0 Å². The summed E-state index contributed by atoms with van der Waals surface area (Å²) in [7, 11) is 0. The summed E-state index contributed by atoms with van der Waals surface area (Å²) in [6.07, 6.45) is -13.7. The van der Waals surface area contributed by atoms with E-state index in [1.54, 1.807) is 0 Å². The van der Waals surface area contributed by atoms with Crippen LogP contribution in [0.5, 0.6) is 0 Å². The molecule has 0 rings (SSSR count). The number of hydrogen-bond acceptors (Lipinski definition) is 12. The minimum Gasteiger partial charge on any atom is -0.394 e. The van der Waals surface area contributed by atoms with E-state index in [-0.39, 0.29) is 12.6 Å². The van der Waals surface area contributed by atoms with Gasteiger partial charge in [-0.15, -0.1) is 0 Å². The fraction of sp³-hybridized carbons (Fsp3) is 0.833. The summed E-state index contributed by atoms with van der Waals surface area (Å²) in [4.78, 5) is 19.8. The number of aliphatic hydroxyl groups is 10. The highest BCUT2D eigenvalue weighted by Gasteiger charge is 2.30. The molecule has 0 saturated heterocycles. The van der Waals surface area contributed by atoms with E-state index in [1.165, 1.54) is 0 Å². The fourth-order valence-electron chi connectivity index (χ4n) is 1.24. The second-order valence-corrected chi connectivity index (χ2v) is 4.72. The van der Waals surface area contributed by atoms with Crippen LogP contribution in [0.4, 0.5) is 0 Å². The van der Waals surface area contributed by atoms with E-state index >= 15 is 0 Å². The van der Waals surface area contributed by atoms with Crippen molar-refractivity contribution in [3.63, 3.8) is 0 Å². The monoisotopic (exact) mass is 360 g/mol. The van der Waals surface area contributed by atoms with E-state index < -0.39 is 62.0 Å². The smallest absolute Gasteiger partial charge is 0.151 e. The Labute approximate surface area is 136 Å². The first kappa shape index (κ1) is 25.2. The summed E-state index contributed by atoms with van der Waals surface area (Å²) in [5.41, 5.74) is 0. The molecule has 10 N–H and O–H groups in total. The summed E-state index contributed by atoms with van der Waals surface area (Å²) >= 11 is 0. The molecule has 0 amide bonds. The first-order chi connectivity index (χ1) is 11.1. The van der Waals surface area contributed by atoms with Crippen LogP contribution in [0.2, 0.25) is 0 Å². The minimum atomic E-state index is -1.79. The van der Waals surface area contributed by atoms with E-state index in [1.807, 2.05) is 0 Å². The summed E-state index contributed by atoms with van der Waals surface area (Å²) in [5.74, 6) is 0. The number of carbonyl (C=O) groups is 2. The Bertz CT molecular complexity index is 308. The van der Waals surface area contributed by atoms with Crippen molar-refractivity contribution in [1.82, 2.24) is 0 Å². The molecule has 0 aromatic rings. The highest BCUT2D eigenvalue weighted by molar-refractivity contribution is 5.57. The largest absolute Gasteiger partial charge is 0.394 e. The summed E-state index contributed by atoms with van der Waals surface area (Å²) in [5, 5.41) is 87.1. The average molecular weight is 360 g/mol. The molecule has 144 valence electrons. The van der Waals surface area contributed by atoms with Gasteiger partial charge in [-0.05, 0) is 0 Å². The zero-order chi connectivity index (χ0) is 19.4. The highest BCUT2D eigenvalue weighted by atomic mass is 16.4. The van der Waals surface area contributed by atoms with Gasteiger partial charge in [0, 0.05) is 0 Å². The molecule has 0 radical (unpaired) electrons. The Hall–Kier alpha value is -1.06. The van der Waals surface area contributed by atoms with E-state index in [9.17, 15) is 9.59 Å². The molecule has 12 nitrogen and oxygen atoms in total. The Morgan fingerprint density at radius 3 is 0.958 bits per heavy atom. The Morgan fingerprint density at radius 1 is 0.542 bits per heavy atom. The average Bonchev–Trinajstić information content (AvgIpc) is 2.62. The zero-order valence-electron chi connectivity index (χ0n) is 12.5. The van der Waals surface area contributed by atoms with Crippen molar-refractivity contribution in [2.75, 3.05) is 13.2 Å². The summed E-state index contributed by atoms with van der Waals surface area (Å²) < 4.78 is 0. The SMILES string of the molecule is O=C[C@@H](O)[C@@H](O)[C@H](O)[C@H](O)CO.O=C[C@@H](O)[C@@H](O)[C@H](O)[C@H](O)CO. The Morgan fingerprint density at radius 2 is 0.792 bits per heavy atom. The topological polar surface area (TPSA) is 236 Å². The molecule has 0 bridgehead atoms. The number of aliphatic hydroxyl groups excluding tert-OH is 10. The van der Waals surface area contributed by atoms with Crippen LogP contribution in [-0.4, -0.2) is 126 Å². The molecule has 0 aromatic heterocycles. The first-order valence-electron chi connectivity index (χ1n) is 6.65. The van der Waals surface area contributed by atoms with Crippen LogP contribution in [0.15, 0.2) is 0 Å². The minimum absolute atomic E-state index is 0.0258. The third-order valence-electron chi connectivity index (χ3n) is 2.84. The third kappa shape index (κ3) is 8.70. The molecular weight excluding hydrogens is 336 g/mol. The zero-order valence-corrected chi connectivity index (χ0v) is 12.5. The quantitative estimate of drug-likeness (QED) is 0.164. The lowest BCUT2D eigenvalue weighted by atomic mass is 10.0.